The number of ketones is 1. The van der Waals surface area contributed by atoms with E-state index in [-0.39, 0.29) is 36.2 Å². The van der Waals surface area contributed by atoms with Gasteiger partial charge in [0, 0.05) is 25.4 Å². The summed E-state index contributed by atoms with van der Waals surface area (Å²) in [5, 5.41) is 15.0. The minimum absolute atomic E-state index is 0.103. The number of rotatable bonds is 14. The molecule has 4 atom stereocenters. The van der Waals surface area contributed by atoms with Crippen LogP contribution in [-0.4, -0.2) is 77.9 Å². The predicted octanol–water partition coefficient (Wildman–Crippen LogP) is 0.896. The van der Waals surface area contributed by atoms with Crippen LogP contribution >= 0.6 is 0 Å². The van der Waals surface area contributed by atoms with E-state index in [4.69, 9.17) is 10.5 Å². The van der Waals surface area contributed by atoms with Crippen LogP contribution in [0.3, 0.4) is 0 Å². The molecule has 2 aliphatic heterocycles. The summed E-state index contributed by atoms with van der Waals surface area (Å²) in [6.07, 6.45) is 2.32. The van der Waals surface area contributed by atoms with Gasteiger partial charge >= 0.3 is 0 Å². The standard InChI is InChI=1S/C27H40N4O6/c1-17(2)14-21(22(33)16-19(25(28)34)15-18-6-8-20(32)9-7-18)30-27(36)24-23(37-24)26(35)29-10-13-31-11-4-3-5-12-31/h6-9,17,19,21,23-24,32H,3-5,10-16H2,1-2H3,(H2,28,34)(H,29,35)(H,30,36)/t19-,21+,23-,24-/m1/s1. The first-order valence-electron chi connectivity index (χ1n) is 13.2. The molecule has 0 saturated carbocycles. The average Bonchev–Trinajstić information content (AvgIpc) is 3.66. The number of piperidine rings is 1. The average molecular weight is 517 g/mol. The molecule has 3 amide bonds. The Labute approximate surface area is 218 Å². The van der Waals surface area contributed by atoms with Gasteiger partial charge in [-0.1, -0.05) is 32.4 Å². The first kappa shape index (κ1) is 28.6. The number of hydrogen-bond acceptors (Lipinski definition) is 7. The molecule has 2 heterocycles. The van der Waals surface area contributed by atoms with Gasteiger partial charge in [0.25, 0.3) is 11.8 Å². The molecule has 0 spiro atoms. The van der Waals surface area contributed by atoms with Gasteiger partial charge in [0.15, 0.2) is 18.0 Å². The van der Waals surface area contributed by atoms with Crippen molar-refractivity contribution in [2.45, 2.75) is 70.6 Å². The highest BCUT2D eigenvalue weighted by atomic mass is 16.6. The largest absolute Gasteiger partial charge is 0.508 e. The maximum atomic E-state index is 13.1. The third-order valence-electron chi connectivity index (χ3n) is 6.87. The van der Waals surface area contributed by atoms with Crippen LogP contribution in [0.4, 0.5) is 0 Å². The Kier molecular flexibility index (Phi) is 10.5. The number of aromatic hydroxyl groups is 1. The smallest absolute Gasteiger partial charge is 0.253 e. The summed E-state index contributed by atoms with van der Waals surface area (Å²) in [4.78, 5) is 52.7. The van der Waals surface area contributed by atoms with E-state index in [0.717, 1.165) is 25.2 Å². The van der Waals surface area contributed by atoms with E-state index in [1.165, 1.54) is 31.4 Å². The van der Waals surface area contributed by atoms with Crippen molar-refractivity contribution in [3.05, 3.63) is 29.8 Å². The lowest BCUT2D eigenvalue weighted by atomic mass is 9.89. The summed E-state index contributed by atoms with van der Waals surface area (Å²) in [6.45, 7) is 7.21. The van der Waals surface area contributed by atoms with E-state index >= 15 is 0 Å². The molecule has 1 aromatic rings. The van der Waals surface area contributed by atoms with E-state index < -0.39 is 36.0 Å². The third-order valence-corrected chi connectivity index (χ3v) is 6.87. The Hall–Kier alpha value is -2.98. The predicted molar refractivity (Wildman–Crippen MR) is 137 cm³/mol. The number of hydrogen-bond donors (Lipinski definition) is 4. The minimum Gasteiger partial charge on any atom is -0.508 e. The lowest BCUT2D eigenvalue weighted by Gasteiger charge is -2.26. The van der Waals surface area contributed by atoms with Crippen molar-refractivity contribution in [2.75, 3.05) is 26.2 Å². The van der Waals surface area contributed by atoms with Gasteiger partial charge in [0.1, 0.15) is 5.75 Å². The van der Waals surface area contributed by atoms with Crippen molar-refractivity contribution in [3.8, 4) is 5.75 Å². The maximum Gasteiger partial charge on any atom is 0.253 e. The molecule has 2 saturated heterocycles. The Morgan fingerprint density at radius 2 is 1.70 bits per heavy atom. The number of phenols is 1. The fourth-order valence-electron chi connectivity index (χ4n) is 4.70. The van der Waals surface area contributed by atoms with Gasteiger partial charge in [-0.05, 0) is 62.4 Å². The number of amides is 3. The summed E-state index contributed by atoms with van der Waals surface area (Å²) < 4.78 is 5.33. The van der Waals surface area contributed by atoms with Gasteiger partial charge in [-0.3, -0.25) is 19.2 Å². The Morgan fingerprint density at radius 1 is 1.05 bits per heavy atom. The minimum atomic E-state index is -0.929. The molecule has 0 bridgehead atoms. The monoisotopic (exact) mass is 516 g/mol. The van der Waals surface area contributed by atoms with Crippen molar-refractivity contribution in [1.29, 1.82) is 0 Å². The number of Topliss-reactive ketones (excluding diaryl/α,β-unsaturated/α-hetero) is 1. The number of carbonyl (C=O) groups is 4. The lowest BCUT2D eigenvalue weighted by Crippen LogP contribution is -2.46. The maximum absolute atomic E-state index is 13.1. The molecule has 10 heteroatoms. The second-order valence-corrected chi connectivity index (χ2v) is 10.5. The molecule has 2 aliphatic rings. The summed E-state index contributed by atoms with van der Waals surface area (Å²) in [6, 6.07) is 5.54. The molecule has 0 aromatic heterocycles. The van der Waals surface area contributed by atoms with E-state index in [0.29, 0.717) is 13.0 Å². The molecule has 2 fully saturated rings. The number of primary amides is 1. The Balaban J connectivity index is 1.50. The molecule has 0 radical (unpaired) electrons. The number of likely N-dealkylation sites (tertiary alicyclic amines) is 1. The van der Waals surface area contributed by atoms with Crippen LogP contribution in [0.5, 0.6) is 5.75 Å². The molecular formula is C27H40N4O6. The van der Waals surface area contributed by atoms with Crippen LogP contribution in [0.1, 0.15) is 51.5 Å². The second-order valence-electron chi connectivity index (χ2n) is 10.5. The highest BCUT2D eigenvalue weighted by Crippen LogP contribution is 2.24. The van der Waals surface area contributed by atoms with Gasteiger partial charge in [-0.15, -0.1) is 0 Å². The van der Waals surface area contributed by atoms with Crippen molar-refractivity contribution in [2.24, 2.45) is 17.6 Å². The number of phenolic OH excluding ortho intramolecular Hbond substituents is 1. The van der Waals surface area contributed by atoms with Crippen molar-refractivity contribution < 1.29 is 29.0 Å². The SMILES string of the molecule is CC(C)C[C@H](NC(=O)[C@@H]1O[C@H]1C(=O)NCCN1CCCCC1)C(=O)C[C@@H](Cc1ccc(O)cc1)C(N)=O. The van der Waals surface area contributed by atoms with Crippen LogP contribution in [0.15, 0.2) is 24.3 Å². The van der Waals surface area contributed by atoms with E-state index in [1.807, 2.05) is 13.8 Å². The number of carbonyl (C=O) groups excluding carboxylic acids is 4. The molecule has 5 N–H and O–H groups in total. The first-order valence-corrected chi connectivity index (χ1v) is 13.2. The summed E-state index contributed by atoms with van der Waals surface area (Å²) in [7, 11) is 0. The molecule has 1 aromatic carbocycles. The number of nitrogens with two attached hydrogens (primary N) is 1. The van der Waals surface area contributed by atoms with Crippen LogP contribution in [-0.2, 0) is 30.3 Å². The van der Waals surface area contributed by atoms with Crippen LogP contribution in [0.2, 0.25) is 0 Å². The van der Waals surface area contributed by atoms with E-state index in [2.05, 4.69) is 15.5 Å². The van der Waals surface area contributed by atoms with Gasteiger partial charge in [-0.25, -0.2) is 0 Å². The zero-order valence-corrected chi connectivity index (χ0v) is 21.8. The molecule has 0 aliphatic carbocycles. The number of benzene rings is 1. The molecular weight excluding hydrogens is 476 g/mol. The molecule has 3 rings (SSSR count). The van der Waals surface area contributed by atoms with E-state index in [1.54, 1.807) is 12.1 Å². The van der Waals surface area contributed by atoms with Crippen LogP contribution < -0.4 is 16.4 Å². The zero-order chi connectivity index (χ0) is 26.9. The zero-order valence-electron chi connectivity index (χ0n) is 21.8. The number of nitrogens with zero attached hydrogens (tertiary/aromatic N) is 1. The van der Waals surface area contributed by atoms with Crippen molar-refractivity contribution in [1.82, 2.24) is 15.5 Å². The fraction of sp³-hybridized carbons (Fsp3) is 0.630. The van der Waals surface area contributed by atoms with Gasteiger partial charge in [-0.2, -0.15) is 0 Å². The van der Waals surface area contributed by atoms with Gasteiger partial charge in [0.05, 0.1) is 6.04 Å². The number of epoxide rings is 1. The van der Waals surface area contributed by atoms with Crippen molar-refractivity contribution >= 4 is 23.5 Å². The van der Waals surface area contributed by atoms with Gasteiger partial charge < -0.3 is 31.1 Å². The molecule has 37 heavy (non-hydrogen) atoms. The van der Waals surface area contributed by atoms with Crippen LogP contribution in [0.25, 0.3) is 0 Å². The molecule has 0 unspecified atom stereocenters. The Morgan fingerprint density at radius 3 is 2.32 bits per heavy atom. The quantitative estimate of drug-likeness (QED) is 0.268. The Bertz CT molecular complexity index is 945. The highest BCUT2D eigenvalue weighted by Gasteiger charge is 2.50. The summed E-state index contributed by atoms with van der Waals surface area (Å²) in [5.74, 6) is -2.29. The van der Waals surface area contributed by atoms with Crippen LogP contribution in [0, 0.1) is 11.8 Å². The lowest BCUT2D eigenvalue weighted by molar-refractivity contribution is -0.131. The first-order chi connectivity index (χ1) is 17.6. The molecule has 10 nitrogen and oxygen atoms in total. The highest BCUT2D eigenvalue weighted by molar-refractivity contribution is 5.98. The normalized spacial score (nSPS) is 21.2. The second kappa shape index (κ2) is 13.5. The fourth-order valence-corrected chi connectivity index (χ4v) is 4.70. The third kappa shape index (κ3) is 9.12. The molecule has 204 valence electrons. The number of ether oxygens (including phenoxy) is 1. The number of nitrogens with one attached hydrogen (secondary N) is 2. The summed E-state index contributed by atoms with van der Waals surface area (Å²) in [5.41, 5.74) is 6.33. The van der Waals surface area contributed by atoms with Gasteiger partial charge in [0.2, 0.25) is 5.91 Å². The van der Waals surface area contributed by atoms with Crippen molar-refractivity contribution in [3.63, 3.8) is 0 Å². The topological polar surface area (TPSA) is 154 Å². The summed E-state index contributed by atoms with van der Waals surface area (Å²) >= 11 is 0. The van der Waals surface area contributed by atoms with E-state index in [9.17, 15) is 24.3 Å².